The number of methoxy groups -OCH3 is 1. The molecule has 1 aliphatic heterocycles. The van der Waals surface area contributed by atoms with Gasteiger partial charge in [0.25, 0.3) is 0 Å². The smallest absolute Gasteiger partial charge is 0.123 e. The van der Waals surface area contributed by atoms with Gasteiger partial charge in [0.05, 0.1) is 18.7 Å². The molecule has 0 radical (unpaired) electrons. The predicted octanol–water partition coefficient (Wildman–Crippen LogP) is 3.33. The molecule has 0 saturated carbocycles. The van der Waals surface area contributed by atoms with Crippen molar-refractivity contribution in [2.45, 2.75) is 38.6 Å². The van der Waals surface area contributed by atoms with E-state index in [-0.39, 0.29) is 0 Å². The Bertz CT molecular complexity index is 443. The molecule has 2 rings (SSSR count). The van der Waals surface area contributed by atoms with E-state index in [0.717, 1.165) is 30.9 Å². The maximum atomic E-state index is 9.01. The standard InChI is InChI=1S/C16H22N2O/c1-19-16-8-7-14(12-17)11-15(16)13-18-9-5-3-2-4-6-10-18/h7-8,11H,2-6,9-10,13H2,1H3. The predicted molar refractivity (Wildman–Crippen MR) is 76.1 cm³/mol. The van der Waals surface area contributed by atoms with Gasteiger partial charge in [-0.05, 0) is 44.1 Å². The number of likely N-dealkylation sites (tertiary alicyclic amines) is 1. The molecule has 0 spiro atoms. The van der Waals surface area contributed by atoms with Crippen LogP contribution in [0.2, 0.25) is 0 Å². The van der Waals surface area contributed by atoms with Crippen LogP contribution < -0.4 is 4.74 Å². The van der Waals surface area contributed by atoms with Gasteiger partial charge in [-0.1, -0.05) is 19.3 Å². The number of nitriles is 1. The Morgan fingerprint density at radius 3 is 2.47 bits per heavy atom. The third-order valence-electron chi connectivity index (χ3n) is 3.75. The molecule has 1 aliphatic rings. The van der Waals surface area contributed by atoms with E-state index >= 15 is 0 Å². The van der Waals surface area contributed by atoms with Gasteiger partial charge in [-0.15, -0.1) is 0 Å². The lowest BCUT2D eigenvalue weighted by molar-refractivity contribution is 0.236. The minimum absolute atomic E-state index is 0.711. The molecule has 3 nitrogen and oxygen atoms in total. The van der Waals surface area contributed by atoms with Crippen LogP contribution in [0.5, 0.6) is 5.75 Å². The van der Waals surface area contributed by atoms with E-state index < -0.39 is 0 Å². The molecule has 3 heteroatoms. The first kappa shape index (κ1) is 13.9. The second-order valence-electron chi connectivity index (χ2n) is 5.18. The molecular weight excluding hydrogens is 236 g/mol. The normalized spacial score (nSPS) is 17.3. The Balaban J connectivity index is 2.09. The van der Waals surface area contributed by atoms with E-state index in [1.54, 1.807) is 7.11 Å². The number of benzene rings is 1. The molecule has 0 bridgehead atoms. The van der Waals surface area contributed by atoms with E-state index in [9.17, 15) is 0 Å². The number of hydrogen-bond donors (Lipinski definition) is 0. The molecule has 102 valence electrons. The van der Waals surface area contributed by atoms with Crippen LogP contribution in [0.4, 0.5) is 0 Å². The Labute approximate surface area is 115 Å². The zero-order valence-electron chi connectivity index (χ0n) is 11.7. The van der Waals surface area contributed by atoms with Gasteiger partial charge in [0.15, 0.2) is 0 Å². The second kappa shape index (κ2) is 7.16. The van der Waals surface area contributed by atoms with Crippen molar-refractivity contribution >= 4 is 0 Å². The lowest BCUT2D eigenvalue weighted by Gasteiger charge is -2.25. The zero-order valence-corrected chi connectivity index (χ0v) is 11.7. The van der Waals surface area contributed by atoms with Crippen molar-refractivity contribution in [3.63, 3.8) is 0 Å². The Morgan fingerprint density at radius 2 is 1.84 bits per heavy atom. The highest BCUT2D eigenvalue weighted by atomic mass is 16.5. The summed E-state index contributed by atoms with van der Waals surface area (Å²) in [5.41, 5.74) is 1.84. The average Bonchev–Trinajstić information content (AvgIpc) is 2.41. The fraction of sp³-hybridized carbons (Fsp3) is 0.562. The lowest BCUT2D eigenvalue weighted by atomic mass is 10.1. The van der Waals surface area contributed by atoms with E-state index in [4.69, 9.17) is 10.00 Å². The summed E-state index contributed by atoms with van der Waals surface area (Å²) in [4.78, 5) is 2.48. The maximum Gasteiger partial charge on any atom is 0.123 e. The highest BCUT2D eigenvalue weighted by Gasteiger charge is 2.12. The first-order valence-corrected chi connectivity index (χ1v) is 7.13. The van der Waals surface area contributed by atoms with Gasteiger partial charge in [-0.2, -0.15) is 5.26 Å². The molecule has 1 aromatic carbocycles. The van der Waals surface area contributed by atoms with Crippen LogP contribution in [-0.2, 0) is 6.54 Å². The van der Waals surface area contributed by atoms with Crippen molar-refractivity contribution in [3.05, 3.63) is 29.3 Å². The molecule has 0 atom stereocenters. The van der Waals surface area contributed by atoms with Crippen LogP contribution in [0, 0.1) is 11.3 Å². The lowest BCUT2D eigenvalue weighted by Crippen LogP contribution is -2.27. The fourth-order valence-corrected chi connectivity index (χ4v) is 2.68. The van der Waals surface area contributed by atoms with E-state index in [0.29, 0.717) is 5.56 Å². The molecule has 0 N–H and O–H groups in total. The average molecular weight is 258 g/mol. The van der Waals surface area contributed by atoms with Gasteiger partial charge < -0.3 is 4.74 Å². The summed E-state index contributed by atoms with van der Waals surface area (Å²) in [6.45, 7) is 3.19. The third kappa shape index (κ3) is 3.97. The largest absolute Gasteiger partial charge is 0.496 e. The summed E-state index contributed by atoms with van der Waals surface area (Å²) in [5, 5.41) is 9.01. The number of hydrogen-bond acceptors (Lipinski definition) is 3. The van der Waals surface area contributed by atoms with Crippen molar-refractivity contribution < 1.29 is 4.74 Å². The molecule has 0 aliphatic carbocycles. The summed E-state index contributed by atoms with van der Waals surface area (Å²) in [5.74, 6) is 0.890. The van der Waals surface area contributed by atoms with Crippen LogP contribution in [0.25, 0.3) is 0 Å². The van der Waals surface area contributed by atoms with Crippen molar-refractivity contribution in [1.82, 2.24) is 4.90 Å². The Morgan fingerprint density at radius 1 is 1.16 bits per heavy atom. The maximum absolute atomic E-state index is 9.01. The number of ether oxygens (including phenoxy) is 1. The van der Waals surface area contributed by atoms with Crippen LogP contribution in [0.1, 0.15) is 43.2 Å². The van der Waals surface area contributed by atoms with Crippen LogP contribution in [0.15, 0.2) is 18.2 Å². The van der Waals surface area contributed by atoms with Crippen LogP contribution >= 0.6 is 0 Å². The SMILES string of the molecule is COc1ccc(C#N)cc1CN1CCCCCCC1. The molecule has 1 saturated heterocycles. The zero-order chi connectivity index (χ0) is 13.5. The Kier molecular flexibility index (Phi) is 5.23. The van der Waals surface area contributed by atoms with Crippen LogP contribution in [0.3, 0.4) is 0 Å². The Hall–Kier alpha value is -1.53. The van der Waals surface area contributed by atoms with Gasteiger partial charge in [-0.25, -0.2) is 0 Å². The number of rotatable bonds is 3. The van der Waals surface area contributed by atoms with Gasteiger partial charge in [0, 0.05) is 12.1 Å². The topological polar surface area (TPSA) is 36.3 Å². The van der Waals surface area contributed by atoms with Gasteiger partial charge in [0.1, 0.15) is 5.75 Å². The van der Waals surface area contributed by atoms with Gasteiger partial charge in [0.2, 0.25) is 0 Å². The van der Waals surface area contributed by atoms with Gasteiger partial charge in [-0.3, -0.25) is 4.90 Å². The molecule has 0 amide bonds. The van der Waals surface area contributed by atoms with Crippen molar-refractivity contribution in [1.29, 1.82) is 5.26 Å². The van der Waals surface area contributed by atoms with Gasteiger partial charge >= 0.3 is 0 Å². The summed E-state index contributed by atoms with van der Waals surface area (Å²) < 4.78 is 5.41. The molecule has 0 unspecified atom stereocenters. The van der Waals surface area contributed by atoms with E-state index in [1.165, 1.54) is 32.1 Å². The molecular formula is C16H22N2O. The van der Waals surface area contributed by atoms with Crippen molar-refractivity contribution in [3.8, 4) is 11.8 Å². The molecule has 1 aromatic rings. The first-order valence-electron chi connectivity index (χ1n) is 7.13. The first-order chi connectivity index (χ1) is 9.33. The summed E-state index contributed by atoms with van der Waals surface area (Å²) in [6.07, 6.45) is 6.61. The highest BCUT2D eigenvalue weighted by molar-refractivity contribution is 5.42. The molecule has 1 heterocycles. The highest BCUT2D eigenvalue weighted by Crippen LogP contribution is 2.22. The summed E-state index contributed by atoms with van der Waals surface area (Å²) in [6, 6.07) is 7.88. The van der Waals surface area contributed by atoms with E-state index in [2.05, 4.69) is 11.0 Å². The molecule has 19 heavy (non-hydrogen) atoms. The van der Waals surface area contributed by atoms with Crippen molar-refractivity contribution in [2.24, 2.45) is 0 Å². The summed E-state index contributed by atoms with van der Waals surface area (Å²) >= 11 is 0. The quantitative estimate of drug-likeness (QED) is 0.834. The van der Waals surface area contributed by atoms with Crippen LogP contribution in [-0.4, -0.2) is 25.1 Å². The van der Waals surface area contributed by atoms with Crippen molar-refractivity contribution in [2.75, 3.05) is 20.2 Å². The minimum atomic E-state index is 0.711. The monoisotopic (exact) mass is 258 g/mol. The molecule has 1 fully saturated rings. The molecule has 0 aromatic heterocycles. The second-order valence-corrected chi connectivity index (χ2v) is 5.18. The van der Waals surface area contributed by atoms with E-state index in [1.807, 2.05) is 18.2 Å². The third-order valence-corrected chi connectivity index (χ3v) is 3.75. The summed E-state index contributed by atoms with van der Waals surface area (Å²) in [7, 11) is 1.69. The fourth-order valence-electron chi connectivity index (χ4n) is 2.68. The number of nitrogens with zero attached hydrogens (tertiary/aromatic N) is 2. The minimum Gasteiger partial charge on any atom is -0.496 e.